The van der Waals surface area contributed by atoms with Crippen molar-refractivity contribution in [2.24, 2.45) is 0 Å². The van der Waals surface area contributed by atoms with Crippen molar-refractivity contribution >= 4 is 10.1 Å². The van der Waals surface area contributed by atoms with Crippen molar-refractivity contribution in [3.63, 3.8) is 0 Å². The molecule has 4 nitrogen and oxygen atoms in total. The van der Waals surface area contributed by atoms with Crippen molar-refractivity contribution in [1.82, 2.24) is 0 Å². The summed E-state index contributed by atoms with van der Waals surface area (Å²) in [5, 5.41) is 9.54. The second-order valence-corrected chi connectivity index (χ2v) is 5.76. The van der Waals surface area contributed by atoms with Crippen molar-refractivity contribution in [1.29, 1.82) is 0 Å². The molecule has 0 fully saturated rings. The van der Waals surface area contributed by atoms with Crippen molar-refractivity contribution in [3.05, 3.63) is 23.8 Å². The second kappa shape index (κ2) is 5.06. The van der Waals surface area contributed by atoms with Gasteiger partial charge >= 0.3 is 29.6 Å². The molecule has 0 unspecified atom stereocenters. The molecule has 16 heavy (non-hydrogen) atoms. The zero-order valence-electron chi connectivity index (χ0n) is 9.81. The number of phenolic OH excluding ortho intramolecular Hbond substituents is 1. The fraction of sp³-hybridized carbons (Fsp3) is 0.400. The minimum atomic E-state index is -4.46. The molecular formula is C10H13NaO4S. The number of benzene rings is 1. The van der Waals surface area contributed by atoms with Gasteiger partial charge in [0.1, 0.15) is 15.9 Å². The van der Waals surface area contributed by atoms with Crippen molar-refractivity contribution in [2.75, 3.05) is 0 Å². The SMILES string of the molecule is CC(C)(C)c1cc(S(=O)(=O)[O-])ccc1O.[Na+]. The van der Waals surface area contributed by atoms with Crippen LogP contribution in [0.2, 0.25) is 0 Å². The molecule has 0 aliphatic rings. The molecule has 0 aromatic heterocycles. The van der Waals surface area contributed by atoms with E-state index in [9.17, 15) is 18.1 Å². The van der Waals surface area contributed by atoms with Crippen LogP contribution in [-0.2, 0) is 15.5 Å². The molecule has 0 aliphatic carbocycles. The second-order valence-electron chi connectivity index (χ2n) is 4.38. The first-order chi connectivity index (χ1) is 6.62. The van der Waals surface area contributed by atoms with Crippen molar-refractivity contribution in [2.45, 2.75) is 31.1 Å². The molecule has 0 bridgehead atoms. The van der Waals surface area contributed by atoms with Gasteiger partial charge in [-0.15, -0.1) is 0 Å². The van der Waals surface area contributed by atoms with Crippen LogP contribution in [0.3, 0.4) is 0 Å². The molecule has 1 aromatic carbocycles. The van der Waals surface area contributed by atoms with E-state index >= 15 is 0 Å². The van der Waals surface area contributed by atoms with Crippen molar-refractivity contribution in [3.8, 4) is 5.75 Å². The molecule has 1 aromatic rings. The number of rotatable bonds is 1. The fourth-order valence-corrected chi connectivity index (χ4v) is 1.77. The Morgan fingerprint density at radius 1 is 1.25 bits per heavy atom. The first-order valence-electron chi connectivity index (χ1n) is 4.42. The Labute approximate surface area is 118 Å². The van der Waals surface area contributed by atoms with Gasteiger partial charge in [-0.3, -0.25) is 0 Å². The van der Waals surface area contributed by atoms with Crippen LogP contribution in [0.1, 0.15) is 26.3 Å². The summed E-state index contributed by atoms with van der Waals surface area (Å²) < 4.78 is 32.4. The van der Waals surface area contributed by atoms with Crippen LogP contribution in [0.25, 0.3) is 0 Å². The summed E-state index contributed by atoms with van der Waals surface area (Å²) in [6.45, 7) is 5.47. The summed E-state index contributed by atoms with van der Waals surface area (Å²) in [5.41, 5.74) is 0.0320. The number of aromatic hydroxyl groups is 1. The van der Waals surface area contributed by atoms with E-state index in [0.29, 0.717) is 5.56 Å². The average Bonchev–Trinajstić information content (AvgIpc) is 2.00. The van der Waals surface area contributed by atoms with Gasteiger partial charge in [0.2, 0.25) is 0 Å². The Balaban J connectivity index is 0.00000225. The van der Waals surface area contributed by atoms with E-state index in [-0.39, 0.29) is 40.2 Å². The summed E-state index contributed by atoms with van der Waals surface area (Å²) >= 11 is 0. The molecule has 0 saturated heterocycles. The Kier molecular flexibility index (Phi) is 5.04. The van der Waals surface area contributed by atoms with E-state index in [0.717, 1.165) is 6.07 Å². The van der Waals surface area contributed by atoms with E-state index in [1.807, 2.05) is 20.8 Å². The number of hydrogen-bond donors (Lipinski definition) is 1. The van der Waals surface area contributed by atoms with E-state index in [1.54, 1.807) is 0 Å². The monoisotopic (exact) mass is 252 g/mol. The van der Waals surface area contributed by atoms with Gasteiger partial charge in [-0.1, -0.05) is 20.8 Å². The third-order valence-corrected chi connectivity index (χ3v) is 2.90. The molecule has 1 rings (SSSR count). The van der Waals surface area contributed by atoms with Crippen molar-refractivity contribution < 1.29 is 47.6 Å². The molecule has 0 heterocycles. The molecule has 6 heteroatoms. The van der Waals surface area contributed by atoms with Gasteiger partial charge in [-0.2, -0.15) is 0 Å². The van der Waals surface area contributed by atoms with Gasteiger partial charge in [-0.25, -0.2) is 8.42 Å². The van der Waals surface area contributed by atoms with E-state index < -0.39 is 15.5 Å². The minimum Gasteiger partial charge on any atom is -0.744 e. The largest absolute Gasteiger partial charge is 1.00 e. The molecule has 0 radical (unpaired) electrons. The molecule has 0 saturated carbocycles. The zero-order chi connectivity index (χ0) is 11.9. The van der Waals surface area contributed by atoms with Crippen LogP contribution >= 0.6 is 0 Å². The number of phenols is 1. The molecule has 0 atom stereocenters. The van der Waals surface area contributed by atoms with Crippen LogP contribution in [0.4, 0.5) is 0 Å². The maximum atomic E-state index is 10.8. The zero-order valence-corrected chi connectivity index (χ0v) is 12.6. The Morgan fingerprint density at radius 3 is 2.12 bits per heavy atom. The van der Waals surface area contributed by atoms with Crippen LogP contribution in [0.5, 0.6) is 5.75 Å². The predicted molar refractivity (Wildman–Crippen MR) is 54.8 cm³/mol. The summed E-state index contributed by atoms with van der Waals surface area (Å²) in [7, 11) is -4.46. The smallest absolute Gasteiger partial charge is 0.744 e. The third kappa shape index (κ3) is 3.75. The molecule has 0 spiro atoms. The number of hydrogen-bond acceptors (Lipinski definition) is 4. The van der Waals surface area contributed by atoms with Crippen LogP contribution < -0.4 is 29.6 Å². The predicted octanol–water partition coefficient (Wildman–Crippen LogP) is -1.40. The minimum absolute atomic E-state index is 0. The molecule has 84 valence electrons. The van der Waals surface area contributed by atoms with Crippen LogP contribution in [0.15, 0.2) is 23.1 Å². The first kappa shape index (κ1) is 15.9. The van der Waals surface area contributed by atoms with E-state index in [4.69, 9.17) is 0 Å². The third-order valence-electron chi connectivity index (χ3n) is 2.06. The molecular weight excluding hydrogens is 239 g/mol. The van der Waals surface area contributed by atoms with Gasteiger partial charge in [0.05, 0.1) is 4.90 Å². The Hall–Kier alpha value is -0.0700. The van der Waals surface area contributed by atoms with Crippen LogP contribution in [0, 0.1) is 0 Å². The maximum absolute atomic E-state index is 10.8. The Bertz CT molecular complexity index is 474. The first-order valence-corrected chi connectivity index (χ1v) is 5.82. The fourth-order valence-electron chi connectivity index (χ4n) is 1.27. The van der Waals surface area contributed by atoms with Gasteiger partial charge in [-0.05, 0) is 23.6 Å². The standard InChI is InChI=1S/C10H14O4S.Na/c1-10(2,3)8-6-7(15(12,13)14)4-5-9(8)11;/h4-6,11H,1-3H3,(H,12,13,14);/q;+1/p-1. The molecule has 0 aliphatic heterocycles. The van der Waals surface area contributed by atoms with E-state index in [2.05, 4.69) is 0 Å². The van der Waals surface area contributed by atoms with Gasteiger partial charge in [0.15, 0.2) is 0 Å². The van der Waals surface area contributed by atoms with E-state index in [1.165, 1.54) is 12.1 Å². The van der Waals surface area contributed by atoms with Gasteiger partial charge in [0.25, 0.3) is 0 Å². The summed E-state index contributed by atoms with van der Waals surface area (Å²) in [4.78, 5) is -0.315. The summed E-state index contributed by atoms with van der Waals surface area (Å²) in [6, 6.07) is 3.55. The van der Waals surface area contributed by atoms with Crippen LogP contribution in [-0.4, -0.2) is 18.1 Å². The maximum Gasteiger partial charge on any atom is 1.00 e. The summed E-state index contributed by atoms with van der Waals surface area (Å²) in [6.07, 6.45) is 0. The average molecular weight is 252 g/mol. The van der Waals surface area contributed by atoms with Gasteiger partial charge in [0, 0.05) is 5.56 Å². The van der Waals surface area contributed by atoms with Gasteiger partial charge < -0.3 is 9.66 Å². The molecule has 1 N–H and O–H groups in total. The normalized spacial score (nSPS) is 12.0. The summed E-state index contributed by atoms with van der Waals surface area (Å²) in [5.74, 6) is -0.00472. The molecule has 0 amide bonds. The topological polar surface area (TPSA) is 77.4 Å². The quantitative estimate of drug-likeness (QED) is 0.492. The Morgan fingerprint density at radius 2 is 1.75 bits per heavy atom.